The molecule has 6 heteroatoms. The molecule has 2 aromatic carbocycles. The molecule has 0 atom stereocenters. The Kier molecular flexibility index (Phi) is 3.06. The number of H-pyrrole nitrogens is 1. The van der Waals surface area contributed by atoms with E-state index in [1.807, 2.05) is 0 Å². The van der Waals surface area contributed by atoms with E-state index in [2.05, 4.69) is 4.98 Å². The summed E-state index contributed by atoms with van der Waals surface area (Å²) in [5, 5.41) is 0.247. The molecule has 0 radical (unpaired) electrons. The van der Waals surface area contributed by atoms with Crippen LogP contribution in [-0.4, -0.2) is 16.7 Å². The molecule has 0 spiro atoms. The van der Waals surface area contributed by atoms with Gasteiger partial charge in [0, 0.05) is 0 Å². The van der Waals surface area contributed by atoms with Gasteiger partial charge in [0.25, 0.3) is 5.56 Å². The summed E-state index contributed by atoms with van der Waals surface area (Å²) >= 11 is 0. The van der Waals surface area contributed by atoms with Crippen molar-refractivity contribution in [2.45, 2.75) is 0 Å². The molecule has 0 saturated heterocycles. The van der Waals surface area contributed by atoms with Crippen LogP contribution in [0, 0.1) is 5.82 Å². The van der Waals surface area contributed by atoms with Crippen molar-refractivity contribution in [3.63, 3.8) is 0 Å². The van der Waals surface area contributed by atoms with Gasteiger partial charge in [0.15, 0.2) is 0 Å². The van der Waals surface area contributed by atoms with Gasteiger partial charge in [-0.25, -0.2) is 13.8 Å². The molecule has 1 aromatic heterocycles. The first kappa shape index (κ1) is 13.1. The molecule has 1 N–H and O–H groups in total. The van der Waals surface area contributed by atoms with Gasteiger partial charge in [-0.15, -0.1) is 0 Å². The molecule has 0 unspecified atom stereocenters. The van der Waals surface area contributed by atoms with Gasteiger partial charge in [-0.3, -0.25) is 4.79 Å². The Hall–Kier alpha value is -2.89. The van der Waals surface area contributed by atoms with E-state index in [0.717, 1.165) is 4.57 Å². The molecule has 0 amide bonds. The summed E-state index contributed by atoms with van der Waals surface area (Å²) in [5.41, 5.74) is -1.01. The number of hydrogen-bond acceptors (Lipinski definition) is 3. The first-order chi connectivity index (χ1) is 10.1. The number of nitrogens with one attached hydrogen (secondary N) is 1. The Bertz CT molecular complexity index is 944. The zero-order valence-electron chi connectivity index (χ0n) is 11.1. The molecule has 1 heterocycles. The average Bonchev–Trinajstić information content (AvgIpc) is 2.49. The van der Waals surface area contributed by atoms with Crippen LogP contribution in [0.5, 0.6) is 5.75 Å². The topological polar surface area (TPSA) is 64.1 Å². The van der Waals surface area contributed by atoms with Crippen molar-refractivity contribution < 1.29 is 9.13 Å². The second-order valence-electron chi connectivity index (χ2n) is 4.43. The Balaban J connectivity index is 2.42. The third kappa shape index (κ3) is 2.10. The van der Waals surface area contributed by atoms with Crippen LogP contribution in [-0.2, 0) is 0 Å². The van der Waals surface area contributed by atoms with E-state index < -0.39 is 17.1 Å². The molecule has 0 bridgehead atoms. The third-order valence-electron chi connectivity index (χ3n) is 3.20. The molecule has 3 aromatic rings. The van der Waals surface area contributed by atoms with Gasteiger partial charge < -0.3 is 9.72 Å². The number of para-hydroxylation sites is 1. The van der Waals surface area contributed by atoms with Crippen molar-refractivity contribution >= 4 is 10.9 Å². The fourth-order valence-electron chi connectivity index (χ4n) is 2.17. The van der Waals surface area contributed by atoms with Gasteiger partial charge in [-0.05, 0) is 30.3 Å². The highest BCUT2D eigenvalue weighted by Gasteiger charge is 2.13. The lowest BCUT2D eigenvalue weighted by molar-refractivity contribution is 0.415. The molecule has 21 heavy (non-hydrogen) atoms. The van der Waals surface area contributed by atoms with Crippen LogP contribution in [0.2, 0.25) is 0 Å². The lowest BCUT2D eigenvalue weighted by Gasteiger charge is -2.08. The summed E-state index contributed by atoms with van der Waals surface area (Å²) in [6, 6.07) is 10.3. The zero-order valence-corrected chi connectivity index (χ0v) is 11.1. The second kappa shape index (κ2) is 4.90. The number of nitrogens with zero attached hydrogens (tertiary/aromatic N) is 1. The van der Waals surface area contributed by atoms with Gasteiger partial charge in [-0.2, -0.15) is 0 Å². The maximum atomic E-state index is 13.8. The van der Waals surface area contributed by atoms with Gasteiger partial charge in [-0.1, -0.05) is 12.1 Å². The number of hydrogen-bond donors (Lipinski definition) is 1. The summed E-state index contributed by atoms with van der Waals surface area (Å²) < 4.78 is 19.7. The maximum Gasteiger partial charge on any atom is 0.333 e. The van der Waals surface area contributed by atoms with Crippen molar-refractivity contribution in [3.8, 4) is 11.4 Å². The number of halogens is 1. The standard InChI is InChI=1S/C15H11FN2O3/c1-21-9-6-7-12-10(8-9)14(19)18(15(20)17-12)13-5-3-2-4-11(13)16/h2-8H,1H3,(H,17,20). The molecule has 0 aliphatic carbocycles. The quantitative estimate of drug-likeness (QED) is 0.781. The summed E-state index contributed by atoms with van der Waals surface area (Å²) in [6.45, 7) is 0. The smallest absolute Gasteiger partial charge is 0.333 e. The summed E-state index contributed by atoms with van der Waals surface area (Å²) in [6.07, 6.45) is 0. The minimum Gasteiger partial charge on any atom is -0.497 e. The first-order valence-corrected chi connectivity index (χ1v) is 6.20. The second-order valence-corrected chi connectivity index (χ2v) is 4.43. The van der Waals surface area contributed by atoms with E-state index in [-0.39, 0.29) is 11.1 Å². The minimum absolute atomic E-state index is 0.0894. The largest absolute Gasteiger partial charge is 0.497 e. The van der Waals surface area contributed by atoms with Crippen LogP contribution in [0.25, 0.3) is 16.6 Å². The maximum absolute atomic E-state index is 13.8. The highest BCUT2D eigenvalue weighted by molar-refractivity contribution is 5.79. The predicted octanol–water partition coefficient (Wildman–Crippen LogP) is 1.83. The van der Waals surface area contributed by atoms with Gasteiger partial charge >= 0.3 is 5.69 Å². The molecule has 0 fully saturated rings. The van der Waals surface area contributed by atoms with Crippen LogP contribution in [0.4, 0.5) is 4.39 Å². The fourth-order valence-corrected chi connectivity index (χ4v) is 2.17. The van der Waals surface area contributed by atoms with Crippen molar-refractivity contribution in [1.82, 2.24) is 9.55 Å². The van der Waals surface area contributed by atoms with E-state index in [1.165, 1.54) is 31.4 Å². The van der Waals surface area contributed by atoms with Crippen LogP contribution in [0.3, 0.4) is 0 Å². The highest BCUT2D eigenvalue weighted by atomic mass is 19.1. The highest BCUT2D eigenvalue weighted by Crippen LogP contribution is 2.16. The average molecular weight is 286 g/mol. The molecule has 0 aliphatic heterocycles. The lowest BCUT2D eigenvalue weighted by Crippen LogP contribution is -2.34. The fraction of sp³-hybridized carbons (Fsp3) is 0.0667. The third-order valence-corrected chi connectivity index (χ3v) is 3.20. The summed E-state index contributed by atoms with van der Waals surface area (Å²) in [5.74, 6) is -0.168. The van der Waals surface area contributed by atoms with E-state index in [4.69, 9.17) is 4.74 Å². The molecule has 0 aliphatic rings. The molecule has 106 valence electrons. The Morgan fingerprint density at radius 2 is 1.90 bits per heavy atom. The van der Waals surface area contributed by atoms with Crippen LogP contribution < -0.4 is 16.0 Å². The van der Waals surface area contributed by atoms with Crippen molar-refractivity contribution in [2.24, 2.45) is 0 Å². The van der Waals surface area contributed by atoms with E-state index in [1.54, 1.807) is 18.2 Å². The molecular weight excluding hydrogens is 275 g/mol. The van der Waals surface area contributed by atoms with E-state index in [0.29, 0.717) is 11.3 Å². The number of aromatic amines is 1. The zero-order chi connectivity index (χ0) is 15.0. The van der Waals surface area contributed by atoms with E-state index in [9.17, 15) is 14.0 Å². The number of methoxy groups -OCH3 is 1. The number of benzene rings is 2. The van der Waals surface area contributed by atoms with Gasteiger partial charge in [0.1, 0.15) is 11.6 Å². The van der Waals surface area contributed by atoms with Crippen LogP contribution in [0.1, 0.15) is 0 Å². The number of rotatable bonds is 2. The first-order valence-electron chi connectivity index (χ1n) is 6.20. The van der Waals surface area contributed by atoms with Crippen molar-refractivity contribution in [2.75, 3.05) is 7.11 Å². The van der Waals surface area contributed by atoms with Gasteiger partial charge in [0.2, 0.25) is 0 Å². The number of aromatic nitrogens is 2. The molecule has 0 saturated carbocycles. The Morgan fingerprint density at radius 3 is 2.62 bits per heavy atom. The normalized spacial score (nSPS) is 10.8. The SMILES string of the molecule is COc1ccc2[nH]c(=O)n(-c3ccccc3F)c(=O)c2c1. The Labute approximate surface area is 118 Å². The van der Waals surface area contributed by atoms with Crippen molar-refractivity contribution in [1.29, 1.82) is 0 Å². The van der Waals surface area contributed by atoms with E-state index >= 15 is 0 Å². The number of fused-ring (bicyclic) bond motifs is 1. The number of ether oxygens (including phenoxy) is 1. The summed E-state index contributed by atoms with van der Waals surface area (Å²) in [4.78, 5) is 27.1. The predicted molar refractivity (Wildman–Crippen MR) is 76.7 cm³/mol. The lowest BCUT2D eigenvalue weighted by atomic mass is 10.2. The summed E-state index contributed by atoms with van der Waals surface area (Å²) in [7, 11) is 1.47. The van der Waals surface area contributed by atoms with Crippen molar-refractivity contribution in [3.05, 3.63) is 69.1 Å². The molecule has 5 nitrogen and oxygen atoms in total. The minimum atomic E-state index is -0.692. The molecule has 3 rings (SSSR count). The Morgan fingerprint density at radius 1 is 1.14 bits per heavy atom. The van der Waals surface area contributed by atoms with Crippen LogP contribution in [0.15, 0.2) is 52.1 Å². The van der Waals surface area contributed by atoms with Gasteiger partial charge in [0.05, 0.1) is 23.7 Å². The van der Waals surface area contributed by atoms with Crippen LogP contribution >= 0.6 is 0 Å². The monoisotopic (exact) mass is 286 g/mol. The molecular formula is C15H11FN2O3.